The summed E-state index contributed by atoms with van der Waals surface area (Å²) >= 11 is 1.81. The van der Waals surface area contributed by atoms with Crippen LogP contribution in [0.25, 0.3) is 0 Å². The summed E-state index contributed by atoms with van der Waals surface area (Å²) < 4.78 is 0. The Morgan fingerprint density at radius 2 is 2.00 bits per heavy atom. The van der Waals surface area contributed by atoms with Gasteiger partial charge in [-0.2, -0.15) is 0 Å². The number of hydrogen-bond acceptors (Lipinski definition) is 2. The van der Waals surface area contributed by atoms with Gasteiger partial charge in [-0.1, -0.05) is 18.6 Å². The van der Waals surface area contributed by atoms with Crippen LogP contribution in [0.4, 0.5) is 0 Å². The summed E-state index contributed by atoms with van der Waals surface area (Å²) in [6, 6.07) is 8.94. The van der Waals surface area contributed by atoms with E-state index in [9.17, 15) is 0 Å². The smallest absolute Gasteiger partial charge is 0.0205 e. The van der Waals surface area contributed by atoms with E-state index in [-0.39, 0.29) is 0 Å². The Kier molecular flexibility index (Phi) is 3.95. The van der Waals surface area contributed by atoms with Crippen LogP contribution in [-0.4, -0.2) is 12.8 Å². The molecule has 0 amide bonds. The minimum Gasteiger partial charge on any atom is -0.312 e. The molecule has 0 radical (unpaired) electrons. The molecule has 2 saturated carbocycles. The van der Waals surface area contributed by atoms with E-state index in [4.69, 9.17) is 0 Å². The maximum atomic E-state index is 3.66. The summed E-state index contributed by atoms with van der Waals surface area (Å²) in [4.78, 5) is 1.35. The second-order valence-electron chi connectivity index (χ2n) is 5.91. The molecule has 0 spiro atoms. The first-order valence-corrected chi connectivity index (χ1v) is 8.41. The highest BCUT2D eigenvalue weighted by Gasteiger charge is 2.38. The molecule has 2 aliphatic carbocycles. The number of rotatable bonds is 5. The van der Waals surface area contributed by atoms with Crippen LogP contribution in [0.5, 0.6) is 0 Å². The van der Waals surface area contributed by atoms with Gasteiger partial charge >= 0.3 is 0 Å². The summed E-state index contributed by atoms with van der Waals surface area (Å²) in [5.74, 6) is 3.08. The fourth-order valence-electron chi connectivity index (χ4n) is 3.77. The molecule has 0 heterocycles. The van der Waals surface area contributed by atoms with Gasteiger partial charge in [0.25, 0.3) is 0 Å². The maximum Gasteiger partial charge on any atom is 0.0205 e. The van der Waals surface area contributed by atoms with Gasteiger partial charge in [0.2, 0.25) is 0 Å². The molecule has 1 aromatic rings. The molecule has 3 unspecified atom stereocenters. The fraction of sp³-hybridized carbons (Fsp3) is 0.625. The molecule has 3 rings (SSSR count). The zero-order valence-electron chi connectivity index (χ0n) is 11.2. The van der Waals surface area contributed by atoms with E-state index in [1.165, 1.54) is 42.7 Å². The van der Waals surface area contributed by atoms with Crippen molar-refractivity contribution in [3.05, 3.63) is 29.8 Å². The van der Waals surface area contributed by atoms with Crippen LogP contribution in [0.3, 0.4) is 0 Å². The first-order valence-electron chi connectivity index (χ1n) is 7.19. The van der Waals surface area contributed by atoms with Crippen LogP contribution >= 0.6 is 11.8 Å². The minimum absolute atomic E-state index is 0.967. The van der Waals surface area contributed by atoms with Crippen molar-refractivity contribution in [2.75, 3.05) is 12.8 Å². The topological polar surface area (TPSA) is 12.0 Å². The molecule has 18 heavy (non-hydrogen) atoms. The average molecular weight is 261 g/mol. The SMILES string of the molecule is CSc1ccc(CNCC2CC3CCC2C3)cc1. The molecule has 2 fully saturated rings. The minimum atomic E-state index is 0.967. The van der Waals surface area contributed by atoms with Crippen LogP contribution in [-0.2, 0) is 6.54 Å². The normalized spacial score (nSPS) is 29.9. The van der Waals surface area contributed by atoms with Gasteiger partial charge in [0.15, 0.2) is 0 Å². The third-order valence-corrected chi connectivity index (χ3v) is 5.52. The second-order valence-corrected chi connectivity index (χ2v) is 6.79. The van der Waals surface area contributed by atoms with Gasteiger partial charge in [0, 0.05) is 11.4 Å². The number of thioether (sulfide) groups is 1. The highest BCUT2D eigenvalue weighted by molar-refractivity contribution is 7.98. The molecular formula is C16H23NS. The van der Waals surface area contributed by atoms with Crippen molar-refractivity contribution in [1.82, 2.24) is 5.32 Å². The fourth-order valence-corrected chi connectivity index (χ4v) is 4.18. The van der Waals surface area contributed by atoms with Gasteiger partial charge in [-0.3, -0.25) is 0 Å². The zero-order valence-corrected chi connectivity index (χ0v) is 12.0. The number of nitrogens with one attached hydrogen (secondary N) is 1. The van der Waals surface area contributed by atoms with Gasteiger partial charge in [0.05, 0.1) is 0 Å². The summed E-state index contributed by atoms with van der Waals surface area (Å²) in [6.07, 6.45) is 8.15. The Morgan fingerprint density at radius 3 is 2.61 bits per heavy atom. The van der Waals surface area contributed by atoms with E-state index in [2.05, 4.69) is 35.8 Å². The number of fused-ring (bicyclic) bond motifs is 2. The molecule has 1 nitrogen and oxygen atoms in total. The molecule has 1 N–H and O–H groups in total. The van der Waals surface area contributed by atoms with Crippen molar-refractivity contribution >= 4 is 11.8 Å². The Labute approximate surface area is 115 Å². The van der Waals surface area contributed by atoms with Gasteiger partial charge < -0.3 is 5.32 Å². The van der Waals surface area contributed by atoms with Crippen molar-refractivity contribution in [1.29, 1.82) is 0 Å². The molecule has 2 heteroatoms. The predicted molar refractivity (Wildman–Crippen MR) is 78.9 cm³/mol. The van der Waals surface area contributed by atoms with E-state index in [1.54, 1.807) is 0 Å². The number of hydrogen-bond donors (Lipinski definition) is 1. The first kappa shape index (κ1) is 12.6. The van der Waals surface area contributed by atoms with Crippen LogP contribution in [0, 0.1) is 17.8 Å². The summed E-state index contributed by atoms with van der Waals surface area (Å²) in [7, 11) is 0. The zero-order chi connectivity index (χ0) is 12.4. The molecule has 2 aliphatic rings. The molecule has 0 saturated heterocycles. The Balaban J connectivity index is 1.44. The van der Waals surface area contributed by atoms with Crippen molar-refractivity contribution < 1.29 is 0 Å². The predicted octanol–water partition coefficient (Wildman–Crippen LogP) is 3.93. The van der Waals surface area contributed by atoms with Gasteiger partial charge in [-0.15, -0.1) is 11.8 Å². The highest BCUT2D eigenvalue weighted by atomic mass is 32.2. The van der Waals surface area contributed by atoms with E-state index < -0.39 is 0 Å². The van der Waals surface area contributed by atoms with Gasteiger partial charge in [-0.05, 0) is 67.5 Å². The first-order chi connectivity index (χ1) is 8.85. The van der Waals surface area contributed by atoms with Crippen LogP contribution in [0.2, 0.25) is 0 Å². The number of benzene rings is 1. The molecule has 0 aliphatic heterocycles. The molecular weight excluding hydrogens is 238 g/mol. The van der Waals surface area contributed by atoms with Crippen LogP contribution in [0.1, 0.15) is 31.2 Å². The molecule has 0 aromatic heterocycles. The summed E-state index contributed by atoms with van der Waals surface area (Å²) in [5, 5.41) is 3.66. The molecule has 3 atom stereocenters. The van der Waals surface area contributed by atoms with Gasteiger partial charge in [0.1, 0.15) is 0 Å². The van der Waals surface area contributed by atoms with E-state index >= 15 is 0 Å². The van der Waals surface area contributed by atoms with Crippen molar-refractivity contribution in [3.63, 3.8) is 0 Å². The maximum absolute atomic E-state index is 3.66. The quantitative estimate of drug-likeness (QED) is 0.806. The lowest BCUT2D eigenvalue weighted by molar-refractivity contribution is 0.318. The molecule has 98 valence electrons. The standard InChI is InChI=1S/C16H23NS/c1-18-16-6-3-12(4-7-16)10-17-11-15-9-13-2-5-14(15)8-13/h3-4,6-7,13-15,17H,2,5,8-11H2,1H3. The Hall–Kier alpha value is -0.470. The third-order valence-electron chi connectivity index (χ3n) is 4.78. The van der Waals surface area contributed by atoms with E-state index in [0.717, 1.165) is 24.3 Å². The second kappa shape index (κ2) is 5.66. The Bertz CT molecular complexity index is 387. The summed E-state index contributed by atoms with van der Waals surface area (Å²) in [5.41, 5.74) is 1.41. The van der Waals surface area contributed by atoms with Crippen molar-refractivity contribution in [2.45, 2.75) is 37.1 Å². The molecule has 2 bridgehead atoms. The monoisotopic (exact) mass is 261 g/mol. The molecule has 1 aromatic carbocycles. The van der Waals surface area contributed by atoms with Crippen LogP contribution < -0.4 is 5.32 Å². The average Bonchev–Trinajstić information content (AvgIpc) is 3.02. The highest BCUT2D eigenvalue weighted by Crippen LogP contribution is 2.47. The lowest BCUT2D eigenvalue weighted by Crippen LogP contribution is -2.26. The van der Waals surface area contributed by atoms with Crippen molar-refractivity contribution in [3.8, 4) is 0 Å². The van der Waals surface area contributed by atoms with Crippen LogP contribution in [0.15, 0.2) is 29.2 Å². The summed E-state index contributed by atoms with van der Waals surface area (Å²) in [6.45, 7) is 2.26. The Morgan fingerprint density at radius 1 is 1.17 bits per heavy atom. The lowest BCUT2D eigenvalue weighted by Gasteiger charge is -2.21. The van der Waals surface area contributed by atoms with Gasteiger partial charge in [-0.25, -0.2) is 0 Å². The van der Waals surface area contributed by atoms with E-state index in [1.807, 2.05) is 11.8 Å². The van der Waals surface area contributed by atoms with E-state index in [0.29, 0.717) is 0 Å². The lowest BCUT2D eigenvalue weighted by atomic mass is 9.89. The largest absolute Gasteiger partial charge is 0.312 e. The van der Waals surface area contributed by atoms with Crippen molar-refractivity contribution in [2.24, 2.45) is 17.8 Å². The third kappa shape index (κ3) is 2.75.